The van der Waals surface area contributed by atoms with Crippen LogP contribution in [-0.2, 0) is 4.79 Å². The van der Waals surface area contributed by atoms with Crippen LogP contribution in [0, 0.1) is 0 Å². The number of hydrogen-bond acceptors (Lipinski definition) is 2. The Hall–Kier alpha value is -0.630. The lowest BCUT2D eigenvalue weighted by molar-refractivity contribution is -0.121. The molecule has 2 heteroatoms. The van der Waals surface area contributed by atoms with Gasteiger partial charge in [0.15, 0.2) is 5.78 Å². The summed E-state index contributed by atoms with van der Waals surface area (Å²) in [6, 6.07) is 0. The maximum Gasteiger partial charge on any atom is 0.178 e. The van der Waals surface area contributed by atoms with Gasteiger partial charge in [-0.1, -0.05) is 38.2 Å². The van der Waals surface area contributed by atoms with Crippen molar-refractivity contribution >= 4 is 5.78 Å². The van der Waals surface area contributed by atoms with Crippen LogP contribution in [0.25, 0.3) is 0 Å². The first-order valence-corrected chi connectivity index (χ1v) is 7.25. The van der Waals surface area contributed by atoms with E-state index in [1.54, 1.807) is 0 Å². The Kier molecular flexibility index (Phi) is 4.38. The first-order valence-electron chi connectivity index (χ1n) is 7.25. The molecule has 1 saturated carbocycles. The van der Waals surface area contributed by atoms with Gasteiger partial charge in [0.1, 0.15) is 0 Å². The van der Waals surface area contributed by atoms with Gasteiger partial charge in [0.05, 0.1) is 5.54 Å². The van der Waals surface area contributed by atoms with E-state index >= 15 is 0 Å². The average molecular weight is 235 g/mol. The normalized spacial score (nSPS) is 25.6. The SMILES string of the molecule is NC1(C(=O)C2=CCCCCCC2)CCCCC1. The molecule has 0 aromatic carbocycles. The highest BCUT2D eigenvalue weighted by Crippen LogP contribution is 2.31. The van der Waals surface area contributed by atoms with Crippen molar-refractivity contribution < 1.29 is 4.79 Å². The third-order valence-electron chi connectivity index (χ3n) is 4.28. The molecule has 2 rings (SSSR count). The van der Waals surface area contributed by atoms with Crippen LogP contribution in [0.5, 0.6) is 0 Å². The van der Waals surface area contributed by atoms with Crippen molar-refractivity contribution in [2.24, 2.45) is 5.73 Å². The van der Waals surface area contributed by atoms with Crippen molar-refractivity contribution in [1.82, 2.24) is 0 Å². The maximum atomic E-state index is 12.5. The van der Waals surface area contributed by atoms with Crippen LogP contribution in [0.15, 0.2) is 11.6 Å². The Balaban J connectivity index is 2.06. The molecule has 0 spiro atoms. The molecule has 17 heavy (non-hydrogen) atoms. The van der Waals surface area contributed by atoms with E-state index in [0.717, 1.165) is 50.5 Å². The van der Waals surface area contributed by atoms with E-state index in [1.807, 2.05) is 0 Å². The quantitative estimate of drug-likeness (QED) is 0.796. The molecule has 2 aliphatic rings. The fraction of sp³-hybridized carbons (Fsp3) is 0.800. The molecule has 2 N–H and O–H groups in total. The van der Waals surface area contributed by atoms with Crippen molar-refractivity contribution in [1.29, 1.82) is 0 Å². The monoisotopic (exact) mass is 235 g/mol. The minimum Gasteiger partial charge on any atom is -0.319 e. The topological polar surface area (TPSA) is 43.1 Å². The summed E-state index contributed by atoms with van der Waals surface area (Å²) in [6.45, 7) is 0. The number of Topliss-reactive ketones (excluding diaryl/α,β-unsaturated/α-hetero) is 1. The number of nitrogens with two attached hydrogens (primary N) is 1. The highest BCUT2D eigenvalue weighted by atomic mass is 16.1. The molecule has 0 aromatic heterocycles. The van der Waals surface area contributed by atoms with Gasteiger partial charge in [-0.05, 0) is 44.1 Å². The van der Waals surface area contributed by atoms with E-state index in [1.165, 1.54) is 25.7 Å². The molecule has 0 unspecified atom stereocenters. The minimum atomic E-state index is -0.525. The molecule has 0 bridgehead atoms. The molecule has 1 fully saturated rings. The molecular formula is C15H25NO. The zero-order valence-corrected chi connectivity index (χ0v) is 10.8. The summed E-state index contributed by atoms with van der Waals surface area (Å²) in [6.07, 6.45) is 14.4. The molecule has 0 atom stereocenters. The minimum absolute atomic E-state index is 0.263. The van der Waals surface area contributed by atoms with E-state index in [0.29, 0.717) is 0 Å². The first kappa shape index (κ1) is 12.8. The number of carbonyl (C=O) groups excluding carboxylic acids is 1. The van der Waals surface area contributed by atoms with Crippen molar-refractivity contribution in [2.75, 3.05) is 0 Å². The van der Waals surface area contributed by atoms with E-state index in [9.17, 15) is 4.79 Å². The lowest BCUT2D eigenvalue weighted by Crippen LogP contribution is -2.50. The largest absolute Gasteiger partial charge is 0.319 e. The highest BCUT2D eigenvalue weighted by Gasteiger charge is 2.36. The Labute approximate surface area is 105 Å². The van der Waals surface area contributed by atoms with Gasteiger partial charge in [-0.15, -0.1) is 0 Å². The van der Waals surface area contributed by atoms with Crippen LogP contribution in [0.2, 0.25) is 0 Å². The standard InChI is InChI=1S/C15H25NO/c16-15(11-7-4-8-12-15)14(17)13-9-5-2-1-3-6-10-13/h9H,1-8,10-12,16H2. The van der Waals surface area contributed by atoms with Gasteiger partial charge >= 0.3 is 0 Å². The van der Waals surface area contributed by atoms with E-state index in [2.05, 4.69) is 6.08 Å². The van der Waals surface area contributed by atoms with Crippen LogP contribution in [0.3, 0.4) is 0 Å². The number of carbonyl (C=O) groups is 1. The van der Waals surface area contributed by atoms with E-state index in [4.69, 9.17) is 5.73 Å². The average Bonchev–Trinajstić information content (AvgIpc) is 2.29. The summed E-state index contributed by atoms with van der Waals surface area (Å²) in [4.78, 5) is 12.5. The van der Waals surface area contributed by atoms with Gasteiger partial charge < -0.3 is 5.73 Å². The second kappa shape index (κ2) is 5.81. The predicted molar refractivity (Wildman–Crippen MR) is 70.8 cm³/mol. The van der Waals surface area contributed by atoms with Crippen LogP contribution in [0.1, 0.15) is 70.6 Å². The molecule has 2 nitrogen and oxygen atoms in total. The highest BCUT2D eigenvalue weighted by molar-refractivity contribution is 6.02. The number of rotatable bonds is 2. The zero-order valence-electron chi connectivity index (χ0n) is 10.8. The lowest BCUT2D eigenvalue weighted by atomic mass is 9.76. The van der Waals surface area contributed by atoms with Crippen molar-refractivity contribution in [3.8, 4) is 0 Å². The molecule has 0 amide bonds. The lowest BCUT2D eigenvalue weighted by Gasteiger charge is -2.33. The van der Waals surface area contributed by atoms with Crippen molar-refractivity contribution in [2.45, 2.75) is 76.2 Å². The Morgan fingerprint density at radius 1 is 1.00 bits per heavy atom. The summed E-state index contributed by atoms with van der Waals surface area (Å²) in [7, 11) is 0. The molecule has 0 aromatic rings. The molecule has 0 radical (unpaired) electrons. The number of allylic oxidation sites excluding steroid dienone is 1. The first-order chi connectivity index (χ1) is 8.22. The Bertz CT molecular complexity index is 300. The molecule has 96 valence electrons. The summed E-state index contributed by atoms with van der Waals surface area (Å²) in [5, 5.41) is 0. The van der Waals surface area contributed by atoms with Gasteiger partial charge in [0.2, 0.25) is 0 Å². The third-order valence-corrected chi connectivity index (χ3v) is 4.28. The zero-order chi connectivity index (χ0) is 12.1. The number of ketones is 1. The van der Waals surface area contributed by atoms with Crippen molar-refractivity contribution in [3.63, 3.8) is 0 Å². The van der Waals surface area contributed by atoms with Crippen LogP contribution < -0.4 is 5.73 Å². The fourth-order valence-electron chi connectivity index (χ4n) is 3.13. The molecule has 0 aliphatic heterocycles. The second-order valence-electron chi connectivity index (χ2n) is 5.73. The number of hydrogen-bond donors (Lipinski definition) is 1. The maximum absolute atomic E-state index is 12.5. The van der Waals surface area contributed by atoms with Crippen LogP contribution >= 0.6 is 0 Å². The third kappa shape index (κ3) is 3.19. The Morgan fingerprint density at radius 3 is 2.41 bits per heavy atom. The van der Waals surface area contributed by atoms with E-state index in [-0.39, 0.29) is 5.78 Å². The molecule has 0 heterocycles. The van der Waals surface area contributed by atoms with Gasteiger partial charge in [-0.2, -0.15) is 0 Å². The molecule has 0 saturated heterocycles. The van der Waals surface area contributed by atoms with Gasteiger partial charge in [0, 0.05) is 0 Å². The molecule has 2 aliphatic carbocycles. The van der Waals surface area contributed by atoms with E-state index < -0.39 is 5.54 Å². The van der Waals surface area contributed by atoms with Crippen LogP contribution in [-0.4, -0.2) is 11.3 Å². The summed E-state index contributed by atoms with van der Waals surface area (Å²) < 4.78 is 0. The second-order valence-corrected chi connectivity index (χ2v) is 5.73. The fourth-order valence-corrected chi connectivity index (χ4v) is 3.13. The predicted octanol–water partition coefficient (Wildman–Crippen LogP) is 3.50. The molecular weight excluding hydrogens is 210 g/mol. The smallest absolute Gasteiger partial charge is 0.178 e. The van der Waals surface area contributed by atoms with Gasteiger partial charge in [-0.25, -0.2) is 0 Å². The van der Waals surface area contributed by atoms with Crippen LogP contribution in [0.4, 0.5) is 0 Å². The summed E-state index contributed by atoms with van der Waals surface area (Å²) in [5.74, 6) is 0.263. The summed E-state index contributed by atoms with van der Waals surface area (Å²) >= 11 is 0. The van der Waals surface area contributed by atoms with Crippen molar-refractivity contribution in [3.05, 3.63) is 11.6 Å². The summed E-state index contributed by atoms with van der Waals surface area (Å²) in [5.41, 5.74) is 6.84. The van der Waals surface area contributed by atoms with Gasteiger partial charge in [-0.3, -0.25) is 4.79 Å². The Morgan fingerprint density at radius 2 is 1.65 bits per heavy atom. The van der Waals surface area contributed by atoms with Gasteiger partial charge in [0.25, 0.3) is 0 Å².